The molecule has 3 aliphatic carbocycles. The van der Waals surface area contributed by atoms with Gasteiger partial charge in [-0.1, -0.05) is 51.1 Å². The highest BCUT2D eigenvalue weighted by atomic mass is 16.6. The van der Waals surface area contributed by atoms with Crippen molar-refractivity contribution in [1.82, 2.24) is 0 Å². The van der Waals surface area contributed by atoms with E-state index in [1.165, 1.54) is 0 Å². The smallest absolute Gasteiger partial charge is 0.306 e. The third-order valence-corrected chi connectivity index (χ3v) is 10.5. The Morgan fingerprint density at radius 3 is 2.60 bits per heavy atom. The van der Waals surface area contributed by atoms with Crippen molar-refractivity contribution in [2.24, 2.45) is 29.1 Å². The first kappa shape index (κ1) is 23.9. The van der Waals surface area contributed by atoms with E-state index in [1.807, 2.05) is 51.1 Å². The lowest BCUT2D eigenvalue weighted by atomic mass is 9.47. The summed E-state index contributed by atoms with van der Waals surface area (Å²) in [7, 11) is 0. The molecule has 7 heteroatoms. The topological polar surface area (TPSA) is 109 Å². The molecule has 5 aliphatic rings. The molecule has 3 saturated carbocycles. The number of fused-ring (bicyclic) bond motifs is 4. The third-order valence-electron chi connectivity index (χ3n) is 10.5. The van der Waals surface area contributed by atoms with Gasteiger partial charge < -0.3 is 29.5 Å². The molecule has 2 heterocycles. The number of hydrogen-bond acceptors (Lipinski definition) is 7. The van der Waals surface area contributed by atoms with Gasteiger partial charge in [0.2, 0.25) is 0 Å². The van der Waals surface area contributed by atoms with Crippen molar-refractivity contribution in [1.29, 1.82) is 0 Å². The monoisotopic (exact) mass is 486 g/mol. The predicted molar refractivity (Wildman–Crippen MR) is 126 cm³/mol. The fourth-order valence-electron chi connectivity index (χ4n) is 8.23. The predicted octanol–water partition coefficient (Wildman–Crippen LogP) is 2.24. The van der Waals surface area contributed by atoms with E-state index in [2.05, 4.69) is 0 Å². The van der Waals surface area contributed by atoms with Crippen LogP contribution in [0.4, 0.5) is 0 Å². The fraction of sp³-hybridized carbons (Fsp3) is 0.750. The number of rotatable bonds is 4. The number of benzene rings is 1. The lowest BCUT2D eigenvalue weighted by Crippen LogP contribution is -2.69. The number of esters is 1. The number of ether oxygens (including phenoxy) is 3. The number of aliphatic hydroxyl groups is 3. The average Bonchev–Trinajstić information content (AvgIpc) is 3.54. The molecule has 5 fully saturated rings. The first-order chi connectivity index (χ1) is 16.6. The summed E-state index contributed by atoms with van der Waals surface area (Å²) in [4.78, 5) is 12.9. The summed E-state index contributed by atoms with van der Waals surface area (Å²) < 4.78 is 18.0. The molecule has 7 nitrogen and oxygen atoms in total. The van der Waals surface area contributed by atoms with Crippen LogP contribution < -0.4 is 0 Å². The molecule has 1 spiro atoms. The zero-order valence-corrected chi connectivity index (χ0v) is 20.8. The Kier molecular flexibility index (Phi) is 5.45. The molecule has 0 aromatic heterocycles. The van der Waals surface area contributed by atoms with Crippen LogP contribution in [-0.4, -0.2) is 69.6 Å². The molecule has 1 aromatic rings. The van der Waals surface area contributed by atoms with Gasteiger partial charge in [-0.25, -0.2) is 0 Å². The van der Waals surface area contributed by atoms with E-state index in [4.69, 9.17) is 14.2 Å². The second-order valence-electron chi connectivity index (χ2n) is 12.3. The molecule has 4 unspecified atom stereocenters. The van der Waals surface area contributed by atoms with Gasteiger partial charge in [-0.2, -0.15) is 0 Å². The summed E-state index contributed by atoms with van der Waals surface area (Å²) in [6, 6.07) is 9.85. The molecule has 11 atom stereocenters. The van der Waals surface area contributed by atoms with Crippen LogP contribution in [0.2, 0.25) is 0 Å². The summed E-state index contributed by atoms with van der Waals surface area (Å²) >= 11 is 0. The van der Waals surface area contributed by atoms with Crippen molar-refractivity contribution in [2.45, 2.75) is 94.6 Å². The molecule has 0 radical (unpaired) electrons. The molecule has 2 saturated heterocycles. The molecule has 6 rings (SSSR count). The van der Waals surface area contributed by atoms with Crippen molar-refractivity contribution in [3.05, 3.63) is 35.9 Å². The Morgan fingerprint density at radius 2 is 1.91 bits per heavy atom. The molecule has 2 aliphatic heterocycles. The zero-order chi connectivity index (χ0) is 24.8. The SMILES string of the molecule is CC1C2[C@H](O)[C@@H]3O[C@]34C(C[C@@](O)(C[C@H]1OC(=O)CCc1ccccc1)C2(C)C)[C@H]1COC1C[C@H]4O. The number of carbonyl (C=O) groups is 1. The van der Waals surface area contributed by atoms with Gasteiger partial charge in [0.05, 0.1) is 30.5 Å². The van der Waals surface area contributed by atoms with E-state index >= 15 is 0 Å². The second kappa shape index (κ2) is 7.99. The number of hydrogen-bond donors (Lipinski definition) is 3. The highest BCUT2D eigenvalue weighted by Crippen LogP contribution is 2.67. The van der Waals surface area contributed by atoms with Crippen molar-refractivity contribution < 1.29 is 34.3 Å². The number of carbonyl (C=O) groups excluding carboxylic acids is 1. The summed E-state index contributed by atoms with van der Waals surface area (Å²) in [6.45, 7) is 6.64. The van der Waals surface area contributed by atoms with E-state index in [0.717, 1.165) is 5.56 Å². The minimum Gasteiger partial charge on any atom is -0.462 e. The normalized spacial score (nSPS) is 49.3. The first-order valence-electron chi connectivity index (χ1n) is 13.2. The van der Waals surface area contributed by atoms with Gasteiger partial charge in [-0.3, -0.25) is 4.79 Å². The Balaban J connectivity index is 1.27. The highest BCUT2D eigenvalue weighted by Gasteiger charge is 2.78. The van der Waals surface area contributed by atoms with Crippen LogP contribution in [0.15, 0.2) is 30.3 Å². The molecule has 3 N–H and O–H groups in total. The quantitative estimate of drug-likeness (QED) is 0.442. The summed E-state index contributed by atoms with van der Waals surface area (Å²) in [5, 5.41) is 35.0. The van der Waals surface area contributed by atoms with Crippen LogP contribution in [0.3, 0.4) is 0 Å². The van der Waals surface area contributed by atoms with E-state index in [0.29, 0.717) is 32.3 Å². The second-order valence-corrected chi connectivity index (χ2v) is 12.3. The van der Waals surface area contributed by atoms with E-state index < -0.39 is 41.0 Å². The standard InChI is InChI=1S/C28H38O7/c1-15-20(34-22(30)10-9-16-7-5-4-6-8-16)13-27(32)12-18-17-14-33-19(17)11-21(29)28(18)25(35-28)24(31)23(15)26(27,2)3/h4-8,15,17-21,23-25,29,31-32H,9-14H2,1-3H3/t15?,17-,18?,19?,20-,21-,23?,24+,25+,27-,28+/m1/s1. The van der Waals surface area contributed by atoms with Gasteiger partial charge in [0.15, 0.2) is 0 Å². The van der Waals surface area contributed by atoms with Crippen molar-refractivity contribution in [2.75, 3.05) is 6.61 Å². The lowest BCUT2D eigenvalue weighted by molar-refractivity contribution is -0.253. The Morgan fingerprint density at radius 1 is 1.17 bits per heavy atom. The maximum Gasteiger partial charge on any atom is 0.306 e. The number of epoxide rings is 1. The zero-order valence-electron chi connectivity index (χ0n) is 20.8. The Hall–Kier alpha value is -1.51. The van der Waals surface area contributed by atoms with Gasteiger partial charge in [0.25, 0.3) is 0 Å². The van der Waals surface area contributed by atoms with Crippen LogP contribution in [0.25, 0.3) is 0 Å². The molecule has 192 valence electrons. The third kappa shape index (κ3) is 3.38. The van der Waals surface area contributed by atoms with Gasteiger partial charge in [-0.15, -0.1) is 0 Å². The highest BCUT2D eigenvalue weighted by molar-refractivity contribution is 5.70. The Bertz CT molecular complexity index is 981. The summed E-state index contributed by atoms with van der Waals surface area (Å²) in [6.07, 6.45) is -0.464. The Labute approximate surface area is 206 Å². The van der Waals surface area contributed by atoms with Crippen molar-refractivity contribution >= 4 is 5.97 Å². The number of aliphatic hydroxyl groups excluding tert-OH is 2. The van der Waals surface area contributed by atoms with Crippen LogP contribution >= 0.6 is 0 Å². The van der Waals surface area contributed by atoms with Gasteiger partial charge in [0, 0.05) is 37.0 Å². The minimum atomic E-state index is -1.18. The van der Waals surface area contributed by atoms with Crippen LogP contribution in [0.5, 0.6) is 0 Å². The van der Waals surface area contributed by atoms with Gasteiger partial charge in [0.1, 0.15) is 17.8 Å². The maximum absolute atomic E-state index is 12.9. The lowest BCUT2D eigenvalue weighted by Gasteiger charge is -2.61. The maximum atomic E-state index is 12.9. The van der Waals surface area contributed by atoms with E-state index in [-0.39, 0.29) is 42.2 Å². The van der Waals surface area contributed by atoms with Gasteiger partial charge >= 0.3 is 5.97 Å². The summed E-state index contributed by atoms with van der Waals surface area (Å²) in [5.41, 5.74) is -1.54. The first-order valence-corrected chi connectivity index (χ1v) is 13.2. The fourth-order valence-corrected chi connectivity index (χ4v) is 8.23. The van der Waals surface area contributed by atoms with Gasteiger partial charge in [-0.05, 0) is 29.7 Å². The largest absolute Gasteiger partial charge is 0.462 e. The average molecular weight is 487 g/mol. The van der Waals surface area contributed by atoms with Crippen LogP contribution in [0.1, 0.15) is 52.0 Å². The van der Waals surface area contributed by atoms with Crippen molar-refractivity contribution in [3.63, 3.8) is 0 Å². The molecule has 2 bridgehead atoms. The summed E-state index contributed by atoms with van der Waals surface area (Å²) in [5.74, 6) is -0.716. The molecule has 1 aromatic carbocycles. The van der Waals surface area contributed by atoms with E-state index in [1.54, 1.807) is 0 Å². The van der Waals surface area contributed by atoms with E-state index in [9.17, 15) is 20.1 Å². The van der Waals surface area contributed by atoms with Crippen molar-refractivity contribution in [3.8, 4) is 0 Å². The molecular weight excluding hydrogens is 448 g/mol. The minimum absolute atomic E-state index is 0.0290. The molecular formula is C28H38O7. The van der Waals surface area contributed by atoms with Crippen LogP contribution in [-0.2, 0) is 25.4 Å². The molecule has 35 heavy (non-hydrogen) atoms. The molecule has 0 amide bonds. The van der Waals surface area contributed by atoms with Crippen LogP contribution in [0, 0.1) is 29.1 Å². The number of aryl methyl sites for hydroxylation is 1.